The van der Waals surface area contributed by atoms with E-state index in [1.54, 1.807) is 0 Å². The molecule has 1 N–H and O–H groups in total. The number of carbonyl (C=O) groups is 1. The van der Waals surface area contributed by atoms with Crippen molar-refractivity contribution in [2.24, 2.45) is 0 Å². The SMILES string of the molecule is C#CC(CC)NC(C)CC1CCCCN1C(=O)OC(C)(C)C. The molecule has 0 radical (unpaired) electrons. The van der Waals surface area contributed by atoms with Crippen LogP contribution in [0.3, 0.4) is 0 Å². The fourth-order valence-electron chi connectivity index (χ4n) is 2.91. The molecule has 1 amide bonds. The summed E-state index contributed by atoms with van der Waals surface area (Å²) in [6.45, 7) is 10.7. The maximum Gasteiger partial charge on any atom is 0.410 e. The molecule has 1 fully saturated rings. The Kier molecular flexibility index (Phi) is 7.22. The number of rotatable bonds is 5. The van der Waals surface area contributed by atoms with Crippen LogP contribution in [0, 0.1) is 12.3 Å². The molecule has 1 aliphatic heterocycles. The lowest BCUT2D eigenvalue weighted by Crippen LogP contribution is -2.49. The van der Waals surface area contributed by atoms with Gasteiger partial charge < -0.3 is 15.0 Å². The first kappa shape index (κ1) is 18.8. The first-order valence-corrected chi connectivity index (χ1v) is 8.48. The highest BCUT2D eigenvalue weighted by Gasteiger charge is 2.31. The second kappa shape index (κ2) is 8.43. The highest BCUT2D eigenvalue weighted by atomic mass is 16.6. The Hall–Kier alpha value is -1.21. The van der Waals surface area contributed by atoms with Gasteiger partial charge in [-0.2, -0.15) is 0 Å². The van der Waals surface area contributed by atoms with Crippen molar-refractivity contribution in [2.75, 3.05) is 6.54 Å². The number of amides is 1. The molecule has 0 saturated carbocycles. The van der Waals surface area contributed by atoms with E-state index in [9.17, 15) is 4.79 Å². The van der Waals surface area contributed by atoms with Crippen LogP contribution in [0.4, 0.5) is 4.79 Å². The fraction of sp³-hybridized carbons (Fsp3) is 0.833. The topological polar surface area (TPSA) is 41.6 Å². The van der Waals surface area contributed by atoms with Gasteiger partial charge >= 0.3 is 6.09 Å². The van der Waals surface area contributed by atoms with Crippen LogP contribution >= 0.6 is 0 Å². The zero-order valence-electron chi connectivity index (χ0n) is 14.8. The molecule has 1 rings (SSSR count). The Balaban J connectivity index is 2.61. The van der Waals surface area contributed by atoms with E-state index >= 15 is 0 Å². The van der Waals surface area contributed by atoms with Crippen LogP contribution in [0.15, 0.2) is 0 Å². The normalized spacial score (nSPS) is 21.8. The van der Waals surface area contributed by atoms with Gasteiger partial charge in [0.1, 0.15) is 5.60 Å². The number of likely N-dealkylation sites (tertiary alicyclic amines) is 1. The second-order valence-corrected chi connectivity index (χ2v) is 7.25. The zero-order chi connectivity index (χ0) is 16.8. The maximum absolute atomic E-state index is 12.4. The Morgan fingerprint density at radius 3 is 2.68 bits per heavy atom. The van der Waals surface area contributed by atoms with E-state index in [-0.39, 0.29) is 24.2 Å². The van der Waals surface area contributed by atoms with Crippen LogP contribution in [0.2, 0.25) is 0 Å². The van der Waals surface area contributed by atoms with E-state index in [0.717, 1.165) is 32.2 Å². The summed E-state index contributed by atoms with van der Waals surface area (Å²) in [5.41, 5.74) is -0.445. The number of hydrogen-bond acceptors (Lipinski definition) is 3. The summed E-state index contributed by atoms with van der Waals surface area (Å²) in [7, 11) is 0. The lowest BCUT2D eigenvalue weighted by Gasteiger charge is -2.38. The predicted molar refractivity (Wildman–Crippen MR) is 90.7 cm³/mol. The zero-order valence-corrected chi connectivity index (χ0v) is 14.8. The van der Waals surface area contributed by atoms with Crippen molar-refractivity contribution in [3.8, 4) is 12.3 Å². The summed E-state index contributed by atoms with van der Waals surface area (Å²) in [4.78, 5) is 14.3. The van der Waals surface area contributed by atoms with Crippen molar-refractivity contribution in [1.29, 1.82) is 0 Å². The van der Waals surface area contributed by atoms with E-state index in [0.29, 0.717) is 0 Å². The molecule has 126 valence electrons. The van der Waals surface area contributed by atoms with E-state index in [1.807, 2.05) is 25.7 Å². The molecule has 0 aromatic rings. The van der Waals surface area contributed by atoms with Crippen LogP contribution in [0.5, 0.6) is 0 Å². The van der Waals surface area contributed by atoms with Gasteiger partial charge in [0.15, 0.2) is 0 Å². The monoisotopic (exact) mass is 308 g/mol. The Labute approximate surface area is 136 Å². The third-order valence-corrected chi connectivity index (χ3v) is 3.98. The third-order valence-electron chi connectivity index (χ3n) is 3.98. The molecule has 1 aliphatic rings. The minimum absolute atomic E-state index is 0.105. The molecule has 0 aromatic heterocycles. The van der Waals surface area contributed by atoms with E-state index < -0.39 is 5.60 Å². The second-order valence-electron chi connectivity index (χ2n) is 7.25. The van der Waals surface area contributed by atoms with Crippen LogP contribution in [-0.2, 0) is 4.74 Å². The number of nitrogens with one attached hydrogen (secondary N) is 1. The standard InChI is InChI=1S/C18H32N2O2/c1-7-15(8-2)19-14(3)13-16-11-9-10-12-20(16)17(21)22-18(4,5)6/h1,14-16,19H,8-13H2,2-6H3. The van der Waals surface area contributed by atoms with Crippen LogP contribution in [-0.4, -0.2) is 41.3 Å². The molecule has 3 unspecified atom stereocenters. The van der Waals surface area contributed by atoms with E-state index in [1.165, 1.54) is 6.42 Å². The van der Waals surface area contributed by atoms with Gasteiger partial charge in [0.05, 0.1) is 6.04 Å². The van der Waals surface area contributed by atoms with Crippen molar-refractivity contribution in [3.63, 3.8) is 0 Å². The summed E-state index contributed by atoms with van der Waals surface area (Å²) < 4.78 is 5.55. The highest BCUT2D eigenvalue weighted by Crippen LogP contribution is 2.23. The molecule has 3 atom stereocenters. The van der Waals surface area contributed by atoms with Crippen molar-refractivity contribution < 1.29 is 9.53 Å². The quantitative estimate of drug-likeness (QED) is 0.790. The molecule has 0 spiro atoms. The Bertz CT molecular complexity index is 395. The lowest BCUT2D eigenvalue weighted by atomic mass is 9.96. The average Bonchev–Trinajstić information content (AvgIpc) is 2.43. The van der Waals surface area contributed by atoms with Crippen LogP contribution < -0.4 is 5.32 Å². The smallest absolute Gasteiger partial charge is 0.410 e. The van der Waals surface area contributed by atoms with Crippen LogP contribution in [0.1, 0.15) is 66.7 Å². The molecule has 4 nitrogen and oxygen atoms in total. The summed E-state index contributed by atoms with van der Waals surface area (Å²) in [5.74, 6) is 2.77. The van der Waals surface area contributed by atoms with Crippen LogP contribution in [0.25, 0.3) is 0 Å². The van der Waals surface area contributed by atoms with Gasteiger partial charge in [-0.05, 0) is 59.8 Å². The number of ether oxygens (including phenoxy) is 1. The van der Waals surface area contributed by atoms with Gasteiger partial charge in [-0.25, -0.2) is 4.79 Å². The molecule has 1 saturated heterocycles. The van der Waals surface area contributed by atoms with Crippen molar-refractivity contribution in [1.82, 2.24) is 10.2 Å². The minimum atomic E-state index is -0.445. The number of nitrogens with zero attached hydrogens (tertiary/aromatic N) is 1. The Morgan fingerprint density at radius 1 is 1.45 bits per heavy atom. The van der Waals surface area contributed by atoms with Gasteiger partial charge in [-0.1, -0.05) is 12.8 Å². The summed E-state index contributed by atoms with van der Waals surface area (Å²) in [6.07, 6.45) is 10.4. The number of hydrogen-bond donors (Lipinski definition) is 1. The van der Waals surface area contributed by atoms with Gasteiger partial charge in [0, 0.05) is 18.6 Å². The van der Waals surface area contributed by atoms with E-state index in [4.69, 9.17) is 11.2 Å². The number of carbonyl (C=O) groups excluding carboxylic acids is 1. The van der Waals surface area contributed by atoms with Gasteiger partial charge in [-0.3, -0.25) is 0 Å². The number of piperidine rings is 1. The van der Waals surface area contributed by atoms with Gasteiger partial charge in [0.25, 0.3) is 0 Å². The average molecular weight is 308 g/mol. The number of terminal acetylenes is 1. The van der Waals surface area contributed by atoms with Gasteiger partial charge in [0.2, 0.25) is 0 Å². The van der Waals surface area contributed by atoms with Crippen molar-refractivity contribution >= 4 is 6.09 Å². The lowest BCUT2D eigenvalue weighted by molar-refractivity contribution is 0.00785. The molecule has 4 heteroatoms. The third kappa shape index (κ3) is 6.27. The molecular formula is C18H32N2O2. The highest BCUT2D eigenvalue weighted by molar-refractivity contribution is 5.68. The molecule has 22 heavy (non-hydrogen) atoms. The Morgan fingerprint density at radius 2 is 2.14 bits per heavy atom. The molecular weight excluding hydrogens is 276 g/mol. The summed E-state index contributed by atoms with van der Waals surface area (Å²) in [5, 5.41) is 3.46. The van der Waals surface area contributed by atoms with Crippen molar-refractivity contribution in [3.05, 3.63) is 0 Å². The molecule has 1 heterocycles. The first-order valence-electron chi connectivity index (χ1n) is 8.48. The first-order chi connectivity index (χ1) is 10.3. The summed E-state index contributed by atoms with van der Waals surface area (Å²) in [6, 6.07) is 0.629. The molecule has 0 bridgehead atoms. The molecule has 0 aliphatic carbocycles. The largest absolute Gasteiger partial charge is 0.444 e. The minimum Gasteiger partial charge on any atom is -0.444 e. The summed E-state index contributed by atoms with van der Waals surface area (Å²) >= 11 is 0. The maximum atomic E-state index is 12.4. The van der Waals surface area contributed by atoms with E-state index in [2.05, 4.69) is 25.1 Å². The van der Waals surface area contributed by atoms with Gasteiger partial charge in [-0.15, -0.1) is 6.42 Å². The predicted octanol–water partition coefficient (Wildman–Crippen LogP) is 3.56. The van der Waals surface area contributed by atoms with Crippen molar-refractivity contribution in [2.45, 2.75) is 90.4 Å². The molecule has 0 aromatic carbocycles. The fourth-order valence-corrected chi connectivity index (χ4v) is 2.91.